The second-order valence-electron chi connectivity index (χ2n) is 4.52. The highest BCUT2D eigenvalue weighted by molar-refractivity contribution is 6.31. The zero-order valence-electron chi connectivity index (χ0n) is 10.5. The van der Waals surface area contributed by atoms with Crippen LogP contribution in [-0.2, 0) is 16.8 Å². The van der Waals surface area contributed by atoms with Crippen LogP contribution in [0, 0.1) is 0 Å². The normalized spacial score (nSPS) is 24.4. The van der Waals surface area contributed by atoms with Gasteiger partial charge in [0.2, 0.25) is 0 Å². The SMILES string of the molecule is CCC1(c2c(Cl)cnn2CCOC)CCCN1. The molecule has 1 saturated heterocycles. The average Bonchev–Trinajstić information content (AvgIpc) is 2.94. The summed E-state index contributed by atoms with van der Waals surface area (Å²) in [5.74, 6) is 0. The quantitative estimate of drug-likeness (QED) is 0.879. The second-order valence-corrected chi connectivity index (χ2v) is 4.93. The van der Waals surface area contributed by atoms with Crippen LogP contribution in [0.5, 0.6) is 0 Å². The number of halogens is 1. The van der Waals surface area contributed by atoms with Crippen LogP contribution in [0.4, 0.5) is 0 Å². The third kappa shape index (κ3) is 2.34. The number of hydrogen-bond acceptors (Lipinski definition) is 3. The van der Waals surface area contributed by atoms with Gasteiger partial charge in [-0.2, -0.15) is 5.10 Å². The van der Waals surface area contributed by atoms with Crippen LogP contribution in [0.25, 0.3) is 0 Å². The van der Waals surface area contributed by atoms with Crippen LogP contribution in [0.1, 0.15) is 31.9 Å². The summed E-state index contributed by atoms with van der Waals surface area (Å²) in [5.41, 5.74) is 1.12. The van der Waals surface area contributed by atoms with E-state index in [2.05, 4.69) is 17.3 Å². The molecule has 1 aliphatic rings. The van der Waals surface area contributed by atoms with Gasteiger partial charge in [0.25, 0.3) is 0 Å². The zero-order chi connectivity index (χ0) is 12.3. The topological polar surface area (TPSA) is 39.1 Å². The van der Waals surface area contributed by atoms with Crippen molar-refractivity contribution >= 4 is 11.6 Å². The monoisotopic (exact) mass is 257 g/mol. The molecule has 17 heavy (non-hydrogen) atoms. The average molecular weight is 258 g/mol. The predicted molar refractivity (Wildman–Crippen MR) is 68.3 cm³/mol. The predicted octanol–water partition coefficient (Wildman–Crippen LogP) is 2.17. The maximum Gasteiger partial charge on any atom is 0.0837 e. The fourth-order valence-electron chi connectivity index (χ4n) is 2.66. The minimum Gasteiger partial charge on any atom is -0.383 e. The van der Waals surface area contributed by atoms with Crippen molar-refractivity contribution in [1.29, 1.82) is 0 Å². The Bertz CT molecular complexity index is 372. The molecule has 1 aliphatic heterocycles. The van der Waals surface area contributed by atoms with Crippen molar-refractivity contribution in [3.8, 4) is 0 Å². The summed E-state index contributed by atoms with van der Waals surface area (Å²) in [4.78, 5) is 0. The number of rotatable bonds is 5. The molecule has 0 radical (unpaired) electrons. The van der Waals surface area contributed by atoms with E-state index < -0.39 is 0 Å². The molecule has 0 bridgehead atoms. The lowest BCUT2D eigenvalue weighted by Crippen LogP contribution is -2.38. The molecule has 2 rings (SSSR count). The van der Waals surface area contributed by atoms with Crippen LogP contribution in [-0.4, -0.2) is 30.0 Å². The Morgan fingerprint density at radius 1 is 1.65 bits per heavy atom. The van der Waals surface area contributed by atoms with E-state index in [9.17, 15) is 0 Å². The molecule has 0 saturated carbocycles. The maximum absolute atomic E-state index is 6.31. The Balaban J connectivity index is 2.31. The molecule has 96 valence electrons. The largest absolute Gasteiger partial charge is 0.383 e. The van der Waals surface area contributed by atoms with Gasteiger partial charge in [-0.3, -0.25) is 4.68 Å². The summed E-state index contributed by atoms with van der Waals surface area (Å²) in [6, 6.07) is 0. The number of aromatic nitrogens is 2. The first-order valence-electron chi connectivity index (χ1n) is 6.19. The van der Waals surface area contributed by atoms with Gasteiger partial charge >= 0.3 is 0 Å². The molecule has 1 aromatic rings. The fraction of sp³-hybridized carbons (Fsp3) is 0.750. The highest BCUT2D eigenvalue weighted by Crippen LogP contribution is 2.37. The van der Waals surface area contributed by atoms with Crippen molar-refractivity contribution in [1.82, 2.24) is 15.1 Å². The zero-order valence-corrected chi connectivity index (χ0v) is 11.3. The van der Waals surface area contributed by atoms with Gasteiger partial charge in [0.05, 0.1) is 35.6 Å². The van der Waals surface area contributed by atoms with Crippen LogP contribution in [0.3, 0.4) is 0 Å². The molecule has 0 amide bonds. The van der Waals surface area contributed by atoms with Crippen molar-refractivity contribution in [2.24, 2.45) is 0 Å². The highest BCUT2D eigenvalue weighted by atomic mass is 35.5. The molecule has 5 heteroatoms. The standard InChI is InChI=1S/C12H20ClN3O/c1-3-12(5-4-6-14-12)11-10(13)9-15-16(11)7-8-17-2/h9,14H,3-8H2,1-2H3. The molecule has 0 aromatic carbocycles. The van der Waals surface area contributed by atoms with E-state index in [1.807, 2.05) is 4.68 Å². The van der Waals surface area contributed by atoms with Crippen LogP contribution >= 0.6 is 11.6 Å². The van der Waals surface area contributed by atoms with Gasteiger partial charge in [0, 0.05) is 7.11 Å². The lowest BCUT2D eigenvalue weighted by Gasteiger charge is -2.29. The lowest BCUT2D eigenvalue weighted by molar-refractivity contribution is 0.179. The van der Waals surface area contributed by atoms with Crippen molar-refractivity contribution in [2.45, 2.75) is 38.3 Å². The molecule has 0 spiro atoms. The first-order chi connectivity index (χ1) is 8.23. The van der Waals surface area contributed by atoms with Crippen molar-refractivity contribution in [2.75, 3.05) is 20.3 Å². The summed E-state index contributed by atoms with van der Waals surface area (Å²) < 4.78 is 7.09. The van der Waals surface area contributed by atoms with Crippen molar-refractivity contribution in [3.63, 3.8) is 0 Å². The number of methoxy groups -OCH3 is 1. The molecule has 4 nitrogen and oxygen atoms in total. The van der Waals surface area contributed by atoms with Gasteiger partial charge in [0.1, 0.15) is 0 Å². The van der Waals surface area contributed by atoms with E-state index >= 15 is 0 Å². The molecule has 1 aromatic heterocycles. The second kappa shape index (κ2) is 5.38. The molecule has 1 atom stereocenters. The first-order valence-corrected chi connectivity index (χ1v) is 6.57. The summed E-state index contributed by atoms with van der Waals surface area (Å²) in [6.07, 6.45) is 5.09. The molecule has 0 aliphatic carbocycles. The van der Waals surface area contributed by atoms with Crippen LogP contribution in [0.15, 0.2) is 6.20 Å². The Morgan fingerprint density at radius 3 is 3.06 bits per heavy atom. The minimum atomic E-state index is 0.00131. The molecular formula is C12H20ClN3O. The van der Waals surface area contributed by atoms with E-state index in [1.165, 1.54) is 6.42 Å². The van der Waals surface area contributed by atoms with Gasteiger partial charge in [-0.05, 0) is 25.8 Å². The van der Waals surface area contributed by atoms with Gasteiger partial charge in [-0.1, -0.05) is 18.5 Å². The number of nitrogens with one attached hydrogen (secondary N) is 1. The van der Waals surface area contributed by atoms with Gasteiger partial charge in [-0.25, -0.2) is 0 Å². The Hall–Kier alpha value is -0.580. The van der Waals surface area contributed by atoms with Crippen LogP contribution in [0.2, 0.25) is 5.02 Å². The Labute approximate surface area is 107 Å². The third-order valence-corrected chi connectivity index (χ3v) is 3.88. The third-order valence-electron chi connectivity index (χ3n) is 3.60. The Kier molecular flexibility index (Phi) is 4.07. The van der Waals surface area contributed by atoms with E-state index in [-0.39, 0.29) is 5.54 Å². The van der Waals surface area contributed by atoms with Crippen LogP contribution < -0.4 is 5.32 Å². The van der Waals surface area contributed by atoms with E-state index in [0.29, 0.717) is 6.61 Å². The lowest BCUT2D eigenvalue weighted by atomic mass is 9.90. The smallest absolute Gasteiger partial charge is 0.0837 e. The van der Waals surface area contributed by atoms with Crippen molar-refractivity contribution < 1.29 is 4.74 Å². The first kappa shape index (κ1) is 12.9. The number of hydrogen-bond donors (Lipinski definition) is 1. The summed E-state index contributed by atoms with van der Waals surface area (Å²) in [6.45, 7) is 4.66. The maximum atomic E-state index is 6.31. The molecule has 1 unspecified atom stereocenters. The number of nitrogens with zero attached hydrogens (tertiary/aromatic N) is 2. The summed E-state index contributed by atoms with van der Waals surface area (Å²) >= 11 is 6.31. The van der Waals surface area contributed by atoms with Gasteiger partial charge in [-0.15, -0.1) is 0 Å². The Morgan fingerprint density at radius 2 is 2.47 bits per heavy atom. The van der Waals surface area contributed by atoms with Gasteiger partial charge in [0.15, 0.2) is 0 Å². The number of ether oxygens (including phenoxy) is 1. The van der Waals surface area contributed by atoms with Gasteiger partial charge < -0.3 is 10.1 Å². The van der Waals surface area contributed by atoms with E-state index in [0.717, 1.165) is 36.6 Å². The van der Waals surface area contributed by atoms with E-state index in [1.54, 1.807) is 13.3 Å². The molecule has 1 fully saturated rings. The minimum absolute atomic E-state index is 0.00131. The highest BCUT2D eigenvalue weighted by Gasteiger charge is 2.38. The fourth-order valence-corrected chi connectivity index (χ4v) is 2.99. The van der Waals surface area contributed by atoms with E-state index in [4.69, 9.17) is 16.3 Å². The molecule has 2 heterocycles. The molecule has 1 N–H and O–H groups in total. The summed E-state index contributed by atoms with van der Waals surface area (Å²) in [5, 5.41) is 8.71. The molecular weight excluding hydrogens is 238 g/mol. The summed E-state index contributed by atoms with van der Waals surface area (Å²) in [7, 11) is 1.70. The van der Waals surface area contributed by atoms with Crippen molar-refractivity contribution in [3.05, 3.63) is 16.9 Å².